The summed E-state index contributed by atoms with van der Waals surface area (Å²) in [6, 6.07) is 16.0. The molecule has 2 heterocycles. The lowest BCUT2D eigenvalue weighted by atomic mass is 9.94. The number of methoxy groups -OCH3 is 1. The number of ether oxygens (including phenoxy) is 1. The molecule has 32 heavy (non-hydrogen) atoms. The molecule has 0 spiro atoms. The molecule has 162 valence electrons. The Balaban J connectivity index is 1.84. The molecule has 0 aliphatic carbocycles. The smallest absolute Gasteiger partial charge is 0.337 e. The highest BCUT2D eigenvalue weighted by atomic mass is 16.5. The van der Waals surface area contributed by atoms with E-state index in [0.717, 1.165) is 5.56 Å². The number of likely N-dealkylation sites (tertiary alicyclic amines) is 1. The van der Waals surface area contributed by atoms with Crippen LogP contribution in [-0.4, -0.2) is 34.8 Å². The van der Waals surface area contributed by atoms with Crippen LogP contribution in [0.25, 0.3) is 5.76 Å². The molecule has 0 bridgehead atoms. The third kappa shape index (κ3) is 3.80. The van der Waals surface area contributed by atoms with Crippen LogP contribution in [0.4, 0.5) is 0 Å². The van der Waals surface area contributed by atoms with Crippen LogP contribution in [0.3, 0.4) is 0 Å². The van der Waals surface area contributed by atoms with Gasteiger partial charge < -0.3 is 19.2 Å². The van der Waals surface area contributed by atoms with E-state index < -0.39 is 23.7 Å². The summed E-state index contributed by atoms with van der Waals surface area (Å²) in [4.78, 5) is 39.1. The van der Waals surface area contributed by atoms with E-state index in [1.807, 2.05) is 19.1 Å². The molecular weight excluding hydrogens is 410 g/mol. The number of aliphatic hydroxyl groups is 1. The maximum Gasteiger partial charge on any atom is 0.337 e. The highest BCUT2D eigenvalue weighted by molar-refractivity contribution is 6.46. The Morgan fingerprint density at radius 1 is 1.03 bits per heavy atom. The van der Waals surface area contributed by atoms with Crippen LogP contribution < -0.4 is 0 Å². The number of carbonyl (C=O) groups is 3. The van der Waals surface area contributed by atoms with Crippen molar-refractivity contribution in [2.24, 2.45) is 0 Å². The van der Waals surface area contributed by atoms with E-state index in [1.165, 1.54) is 18.3 Å². The van der Waals surface area contributed by atoms with Gasteiger partial charge in [0.1, 0.15) is 11.5 Å². The fraction of sp³-hybridized carbons (Fsp3) is 0.160. The van der Waals surface area contributed by atoms with Crippen molar-refractivity contribution in [1.82, 2.24) is 4.90 Å². The van der Waals surface area contributed by atoms with Crippen molar-refractivity contribution in [3.63, 3.8) is 0 Å². The average Bonchev–Trinajstić information content (AvgIpc) is 3.41. The van der Waals surface area contributed by atoms with Crippen LogP contribution >= 0.6 is 0 Å². The molecule has 1 saturated heterocycles. The van der Waals surface area contributed by atoms with E-state index in [-0.39, 0.29) is 17.9 Å². The molecule has 7 nitrogen and oxygen atoms in total. The first-order valence-corrected chi connectivity index (χ1v) is 9.97. The van der Waals surface area contributed by atoms with Crippen molar-refractivity contribution < 1.29 is 28.6 Å². The quantitative estimate of drug-likeness (QED) is 0.284. The van der Waals surface area contributed by atoms with E-state index >= 15 is 0 Å². The van der Waals surface area contributed by atoms with Gasteiger partial charge in [0, 0.05) is 5.56 Å². The lowest BCUT2D eigenvalue weighted by molar-refractivity contribution is -0.140. The molecule has 1 aliphatic heterocycles. The van der Waals surface area contributed by atoms with Gasteiger partial charge in [0.05, 0.1) is 37.1 Å². The maximum atomic E-state index is 13.0. The molecule has 0 unspecified atom stereocenters. The van der Waals surface area contributed by atoms with Gasteiger partial charge in [-0.25, -0.2) is 4.79 Å². The summed E-state index contributed by atoms with van der Waals surface area (Å²) < 4.78 is 10.1. The summed E-state index contributed by atoms with van der Waals surface area (Å²) >= 11 is 0. The summed E-state index contributed by atoms with van der Waals surface area (Å²) in [6.07, 6.45) is 1.48. The monoisotopic (exact) mass is 431 g/mol. The van der Waals surface area contributed by atoms with Crippen LogP contribution in [0.1, 0.15) is 38.9 Å². The van der Waals surface area contributed by atoms with Crippen LogP contribution in [-0.2, 0) is 20.9 Å². The molecule has 1 fully saturated rings. The Kier molecular flexibility index (Phi) is 5.64. The molecule has 4 rings (SSSR count). The van der Waals surface area contributed by atoms with Crippen molar-refractivity contribution in [3.8, 4) is 0 Å². The minimum atomic E-state index is -0.854. The van der Waals surface area contributed by atoms with Gasteiger partial charge in [-0.05, 0) is 36.8 Å². The Morgan fingerprint density at radius 2 is 1.69 bits per heavy atom. The zero-order valence-electron chi connectivity index (χ0n) is 17.6. The number of hydrogen-bond donors (Lipinski definition) is 1. The van der Waals surface area contributed by atoms with Crippen molar-refractivity contribution in [2.45, 2.75) is 19.5 Å². The van der Waals surface area contributed by atoms with Gasteiger partial charge in [0.25, 0.3) is 11.7 Å². The number of amides is 1. The van der Waals surface area contributed by atoms with Gasteiger partial charge in [0.15, 0.2) is 0 Å². The summed E-state index contributed by atoms with van der Waals surface area (Å²) in [5, 5.41) is 11.0. The number of ketones is 1. The highest BCUT2D eigenvalue weighted by Gasteiger charge is 2.46. The highest BCUT2D eigenvalue weighted by Crippen LogP contribution is 2.40. The number of nitrogens with zero attached hydrogens (tertiary/aromatic N) is 1. The molecule has 0 radical (unpaired) electrons. The largest absolute Gasteiger partial charge is 0.507 e. The molecule has 2 aromatic carbocycles. The first-order valence-electron chi connectivity index (χ1n) is 9.97. The Morgan fingerprint density at radius 3 is 2.28 bits per heavy atom. The van der Waals surface area contributed by atoms with Crippen LogP contribution in [0.2, 0.25) is 0 Å². The predicted octanol–water partition coefficient (Wildman–Crippen LogP) is 4.00. The van der Waals surface area contributed by atoms with Crippen molar-refractivity contribution in [1.29, 1.82) is 0 Å². The molecule has 1 aromatic heterocycles. The molecule has 1 N–H and O–H groups in total. The minimum absolute atomic E-state index is 0.0174. The standard InChI is InChI=1S/C25H21NO6/c1-15-5-7-17(8-6-15)22(27)20-21(16-9-11-18(12-10-16)25(30)31-2)26(24(29)23(20)28)14-19-4-3-13-32-19/h3-13,21,27H,14H2,1-2H3/b22-20+/t21-/m0/s1. The van der Waals surface area contributed by atoms with Crippen molar-refractivity contribution in [3.05, 3.63) is 101 Å². The molecular formula is C25H21NO6. The number of aliphatic hydroxyl groups excluding tert-OH is 1. The second-order valence-corrected chi connectivity index (χ2v) is 7.49. The Hall–Kier alpha value is -4.13. The number of benzene rings is 2. The third-order valence-electron chi connectivity index (χ3n) is 5.42. The zero-order valence-corrected chi connectivity index (χ0v) is 17.6. The molecule has 1 atom stereocenters. The Bertz CT molecular complexity index is 1190. The van der Waals surface area contributed by atoms with Gasteiger partial charge in [-0.2, -0.15) is 0 Å². The summed E-state index contributed by atoms with van der Waals surface area (Å²) in [5.74, 6) is -1.78. The lowest BCUT2D eigenvalue weighted by Gasteiger charge is -2.24. The van der Waals surface area contributed by atoms with Crippen LogP contribution in [0.5, 0.6) is 0 Å². The van der Waals surface area contributed by atoms with Gasteiger partial charge >= 0.3 is 5.97 Å². The predicted molar refractivity (Wildman–Crippen MR) is 116 cm³/mol. The summed E-state index contributed by atoms with van der Waals surface area (Å²) in [7, 11) is 1.29. The second-order valence-electron chi connectivity index (χ2n) is 7.49. The number of Topliss-reactive ketones (excluding diaryl/α,β-unsaturated/α-hetero) is 1. The molecule has 3 aromatic rings. The van der Waals surface area contributed by atoms with Crippen molar-refractivity contribution >= 4 is 23.4 Å². The first-order chi connectivity index (χ1) is 15.4. The normalized spacial score (nSPS) is 17.6. The van der Waals surface area contributed by atoms with E-state index in [0.29, 0.717) is 22.5 Å². The fourth-order valence-electron chi connectivity index (χ4n) is 3.75. The fourth-order valence-corrected chi connectivity index (χ4v) is 3.75. The maximum absolute atomic E-state index is 13.0. The SMILES string of the molecule is COC(=O)c1ccc([C@H]2/C(=C(\O)c3ccc(C)cc3)C(=O)C(=O)N2Cc2ccco2)cc1. The van der Waals surface area contributed by atoms with Gasteiger partial charge in [-0.3, -0.25) is 9.59 Å². The molecule has 1 amide bonds. The van der Waals surface area contributed by atoms with Gasteiger partial charge in [0.2, 0.25) is 0 Å². The first kappa shape index (κ1) is 21.1. The van der Waals surface area contributed by atoms with Gasteiger partial charge in [-0.15, -0.1) is 0 Å². The van der Waals surface area contributed by atoms with E-state index in [9.17, 15) is 19.5 Å². The summed E-state index contributed by atoms with van der Waals surface area (Å²) in [6.45, 7) is 1.96. The molecule has 1 aliphatic rings. The number of hydrogen-bond acceptors (Lipinski definition) is 6. The number of furan rings is 1. The molecule has 7 heteroatoms. The van der Waals surface area contributed by atoms with E-state index in [1.54, 1.807) is 48.5 Å². The van der Waals surface area contributed by atoms with E-state index in [2.05, 4.69) is 0 Å². The third-order valence-corrected chi connectivity index (χ3v) is 5.42. The van der Waals surface area contributed by atoms with E-state index in [4.69, 9.17) is 9.15 Å². The topological polar surface area (TPSA) is 97.0 Å². The second kappa shape index (κ2) is 8.55. The van der Waals surface area contributed by atoms with Crippen LogP contribution in [0, 0.1) is 6.92 Å². The number of aryl methyl sites for hydroxylation is 1. The Labute approximate surface area is 184 Å². The lowest BCUT2D eigenvalue weighted by Crippen LogP contribution is -2.29. The average molecular weight is 431 g/mol. The molecule has 0 saturated carbocycles. The van der Waals surface area contributed by atoms with Crippen molar-refractivity contribution in [2.75, 3.05) is 7.11 Å². The van der Waals surface area contributed by atoms with Crippen LogP contribution in [0.15, 0.2) is 76.9 Å². The minimum Gasteiger partial charge on any atom is -0.507 e. The summed E-state index contributed by atoms with van der Waals surface area (Å²) in [5.41, 5.74) is 2.31. The number of esters is 1. The zero-order chi connectivity index (χ0) is 22.8. The number of rotatable bonds is 5. The van der Waals surface area contributed by atoms with Gasteiger partial charge in [-0.1, -0.05) is 42.0 Å². The number of carbonyl (C=O) groups excluding carboxylic acids is 3.